The molecule has 148 valence electrons. The van der Waals surface area contributed by atoms with E-state index in [4.69, 9.17) is 4.74 Å². The van der Waals surface area contributed by atoms with E-state index in [1.54, 1.807) is 18.7 Å². The van der Waals surface area contributed by atoms with Gasteiger partial charge in [-0.2, -0.15) is 0 Å². The van der Waals surface area contributed by atoms with E-state index in [-0.39, 0.29) is 17.6 Å². The fourth-order valence-electron chi connectivity index (χ4n) is 3.18. The third kappa shape index (κ3) is 6.38. The largest absolute Gasteiger partial charge is 0.481 e. The van der Waals surface area contributed by atoms with E-state index in [2.05, 4.69) is 0 Å². The maximum atomic E-state index is 12.7. The summed E-state index contributed by atoms with van der Waals surface area (Å²) in [4.78, 5) is 39.3. The Kier molecular flexibility index (Phi) is 7.82. The second-order valence-electron chi connectivity index (χ2n) is 7.02. The minimum absolute atomic E-state index is 0.0542. The lowest BCUT2D eigenvalue weighted by Gasteiger charge is -2.25. The SMILES string of the molecule is CCC(=O)N1CCCN(C(=O)C(C)Oc2ccc(CCC(C)=O)cc2)CC1. The molecule has 1 unspecified atom stereocenters. The zero-order chi connectivity index (χ0) is 19.8. The number of Topliss-reactive ketones (excluding diaryl/α,β-unsaturated/α-hetero) is 1. The molecule has 1 aliphatic heterocycles. The molecule has 1 heterocycles. The number of amides is 2. The molecule has 1 fully saturated rings. The predicted octanol–water partition coefficient (Wildman–Crippen LogP) is 2.45. The second kappa shape index (κ2) is 10.1. The first-order chi connectivity index (χ1) is 12.9. The van der Waals surface area contributed by atoms with Gasteiger partial charge in [-0.05, 0) is 44.4 Å². The Morgan fingerprint density at radius 2 is 1.67 bits per heavy atom. The van der Waals surface area contributed by atoms with Crippen molar-refractivity contribution in [3.63, 3.8) is 0 Å². The molecule has 2 amide bonds. The maximum absolute atomic E-state index is 12.7. The van der Waals surface area contributed by atoms with Crippen molar-refractivity contribution in [2.24, 2.45) is 0 Å². The van der Waals surface area contributed by atoms with Crippen LogP contribution in [0.2, 0.25) is 0 Å². The standard InChI is InChI=1S/C21H30N2O4/c1-4-20(25)22-12-5-13-23(15-14-22)21(26)17(3)27-19-10-8-18(9-11-19)7-6-16(2)24/h8-11,17H,4-7,12-15H2,1-3H3. The fraction of sp³-hybridized carbons (Fsp3) is 0.571. The molecule has 0 saturated carbocycles. The normalized spacial score (nSPS) is 15.8. The second-order valence-corrected chi connectivity index (χ2v) is 7.02. The Hall–Kier alpha value is -2.37. The van der Waals surface area contributed by atoms with Gasteiger partial charge in [0.1, 0.15) is 11.5 Å². The number of hydrogen-bond acceptors (Lipinski definition) is 4. The van der Waals surface area contributed by atoms with Gasteiger partial charge in [0.25, 0.3) is 5.91 Å². The van der Waals surface area contributed by atoms with Crippen LogP contribution in [-0.4, -0.2) is 59.7 Å². The minimum Gasteiger partial charge on any atom is -0.481 e. The Morgan fingerprint density at radius 3 is 2.30 bits per heavy atom. The average molecular weight is 374 g/mol. The molecule has 2 rings (SSSR count). The van der Waals surface area contributed by atoms with E-state index in [1.165, 1.54) is 0 Å². The molecule has 0 spiro atoms. The van der Waals surface area contributed by atoms with Crippen LogP contribution in [0.4, 0.5) is 0 Å². The van der Waals surface area contributed by atoms with Crippen molar-refractivity contribution in [3.05, 3.63) is 29.8 Å². The molecule has 0 N–H and O–H groups in total. The number of hydrogen-bond donors (Lipinski definition) is 0. The number of ketones is 1. The van der Waals surface area contributed by atoms with Gasteiger partial charge in [-0.3, -0.25) is 9.59 Å². The van der Waals surface area contributed by atoms with Crippen LogP contribution in [-0.2, 0) is 20.8 Å². The Labute approximate surface area is 161 Å². The summed E-state index contributed by atoms with van der Waals surface area (Å²) < 4.78 is 5.81. The first-order valence-electron chi connectivity index (χ1n) is 9.72. The fourth-order valence-corrected chi connectivity index (χ4v) is 3.18. The van der Waals surface area contributed by atoms with E-state index in [1.807, 2.05) is 36.1 Å². The van der Waals surface area contributed by atoms with Crippen LogP contribution in [0.25, 0.3) is 0 Å². The summed E-state index contributed by atoms with van der Waals surface area (Å²) in [6.45, 7) is 7.67. The van der Waals surface area contributed by atoms with Gasteiger partial charge in [0.15, 0.2) is 6.10 Å². The zero-order valence-corrected chi connectivity index (χ0v) is 16.6. The topological polar surface area (TPSA) is 66.9 Å². The van der Waals surface area contributed by atoms with E-state index in [9.17, 15) is 14.4 Å². The molecule has 1 aromatic rings. The summed E-state index contributed by atoms with van der Waals surface area (Å²) in [6, 6.07) is 7.53. The third-order valence-electron chi connectivity index (χ3n) is 4.81. The quantitative estimate of drug-likeness (QED) is 0.735. The van der Waals surface area contributed by atoms with E-state index >= 15 is 0 Å². The highest BCUT2D eigenvalue weighted by Gasteiger charge is 2.25. The molecule has 0 bridgehead atoms. The van der Waals surface area contributed by atoms with Gasteiger partial charge in [0.2, 0.25) is 5.91 Å². The average Bonchev–Trinajstić information content (AvgIpc) is 2.92. The van der Waals surface area contributed by atoms with Crippen molar-refractivity contribution in [3.8, 4) is 5.75 Å². The van der Waals surface area contributed by atoms with Gasteiger partial charge in [-0.25, -0.2) is 0 Å². The lowest BCUT2D eigenvalue weighted by atomic mass is 10.1. The molecule has 1 aromatic carbocycles. The number of aryl methyl sites for hydroxylation is 1. The summed E-state index contributed by atoms with van der Waals surface area (Å²) in [5.74, 6) is 0.895. The summed E-state index contributed by atoms with van der Waals surface area (Å²) in [6.07, 6.45) is 1.94. The summed E-state index contributed by atoms with van der Waals surface area (Å²) in [7, 11) is 0. The molecule has 6 heteroatoms. The lowest BCUT2D eigenvalue weighted by Crippen LogP contribution is -2.43. The molecule has 0 radical (unpaired) electrons. The molecular weight excluding hydrogens is 344 g/mol. The van der Waals surface area contributed by atoms with Gasteiger partial charge in [0, 0.05) is 39.0 Å². The summed E-state index contributed by atoms with van der Waals surface area (Å²) >= 11 is 0. The number of rotatable bonds is 7. The van der Waals surface area contributed by atoms with Crippen LogP contribution < -0.4 is 4.74 Å². The molecule has 1 saturated heterocycles. The Balaban J connectivity index is 1.87. The molecule has 0 aliphatic carbocycles. The summed E-state index contributed by atoms with van der Waals surface area (Å²) in [5, 5.41) is 0. The van der Waals surface area contributed by atoms with E-state index in [0.29, 0.717) is 51.2 Å². The minimum atomic E-state index is -0.582. The Bertz CT molecular complexity index is 657. The number of nitrogens with zero attached hydrogens (tertiary/aromatic N) is 2. The number of carbonyl (C=O) groups excluding carboxylic acids is 3. The van der Waals surface area contributed by atoms with Gasteiger partial charge in [-0.15, -0.1) is 0 Å². The van der Waals surface area contributed by atoms with Crippen LogP contribution in [0.3, 0.4) is 0 Å². The van der Waals surface area contributed by atoms with Crippen LogP contribution in [0.15, 0.2) is 24.3 Å². The molecular formula is C21H30N2O4. The summed E-state index contributed by atoms with van der Waals surface area (Å²) in [5.41, 5.74) is 1.07. The monoisotopic (exact) mass is 374 g/mol. The van der Waals surface area contributed by atoms with Gasteiger partial charge < -0.3 is 19.3 Å². The van der Waals surface area contributed by atoms with Gasteiger partial charge in [0.05, 0.1) is 0 Å². The highest BCUT2D eigenvalue weighted by atomic mass is 16.5. The van der Waals surface area contributed by atoms with Crippen molar-refractivity contribution in [1.82, 2.24) is 9.80 Å². The molecule has 1 atom stereocenters. The van der Waals surface area contributed by atoms with Crippen LogP contribution in [0.5, 0.6) is 5.75 Å². The molecule has 0 aromatic heterocycles. The van der Waals surface area contributed by atoms with Crippen molar-refractivity contribution in [2.45, 2.75) is 52.6 Å². The van der Waals surface area contributed by atoms with Crippen LogP contribution in [0.1, 0.15) is 45.6 Å². The molecule has 1 aliphatic rings. The lowest BCUT2D eigenvalue weighted by molar-refractivity contribution is -0.138. The predicted molar refractivity (Wildman–Crippen MR) is 104 cm³/mol. The zero-order valence-electron chi connectivity index (χ0n) is 16.6. The van der Waals surface area contributed by atoms with Gasteiger partial charge in [-0.1, -0.05) is 19.1 Å². The first kappa shape index (κ1) is 20.9. The van der Waals surface area contributed by atoms with Crippen LogP contribution >= 0.6 is 0 Å². The van der Waals surface area contributed by atoms with Gasteiger partial charge >= 0.3 is 0 Å². The first-order valence-corrected chi connectivity index (χ1v) is 9.72. The van der Waals surface area contributed by atoms with Crippen molar-refractivity contribution in [2.75, 3.05) is 26.2 Å². The van der Waals surface area contributed by atoms with Crippen molar-refractivity contribution in [1.29, 1.82) is 0 Å². The highest BCUT2D eigenvalue weighted by molar-refractivity contribution is 5.81. The van der Waals surface area contributed by atoms with E-state index in [0.717, 1.165) is 12.0 Å². The Morgan fingerprint density at radius 1 is 1.04 bits per heavy atom. The van der Waals surface area contributed by atoms with E-state index < -0.39 is 6.10 Å². The van der Waals surface area contributed by atoms with Crippen LogP contribution in [0, 0.1) is 0 Å². The number of ether oxygens (including phenoxy) is 1. The van der Waals surface area contributed by atoms with Crippen molar-refractivity contribution >= 4 is 17.6 Å². The molecule has 6 nitrogen and oxygen atoms in total. The maximum Gasteiger partial charge on any atom is 0.263 e. The van der Waals surface area contributed by atoms with Crippen molar-refractivity contribution < 1.29 is 19.1 Å². The number of benzene rings is 1. The smallest absolute Gasteiger partial charge is 0.263 e. The highest BCUT2D eigenvalue weighted by Crippen LogP contribution is 2.16. The third-order valence-corrected chi connectivity index (χ3v) is 4.81. The number of carbonyl (C=O) groups is 3. The molecule has 27 heavy (non-hydrogen) atoms.